The smallest absolute Gasteiger partial charge is 0.261 e. The van der Waals surface area contributed by atoms with Crippen molar-refractivity contribution in [3.63, 3.8) is 0 Å². The second kappa shape index (κ2) is 14.4. The van der Waals surface area contributed by atoms with Crippen LogP contribution in [0.5, 0.6) is 5.75 Å². The number of hydrogen-bond acceptors (Lipinski definition) is 3. The Morgan fingerprint density at radius 2 is 1.61 bits per heavy atom. The second-order valence-corrected chi connectivity index (χ2v) is 10.5. The van der Waals surface area contributed by atoms with Crippen molar-refractivity contribution < 1.29 is 14.3 Å². The van der Waals surface area contributed by atoms with E-state index in [1.165, 1.54) is 0 Å². The van der Waals surface area contributed by atoms with Gasteiger partial charge in [0.05, 0.1) is 10.0 Å². The van der Waals surface area contributed by atoms with Gasteiger partial charge < -0.3 is 15.0 Å². The van der Waals surface area contributed by atoms with Crippen molar-refractivity contribution in [1.29, 1.82) is 0 Å². The predicted octanol–water partition coefficient (Wildman–Crippen LogP) is 7.20. The minimum Gasteiger partial charge on any atom is -0.484 e. The van der Waals surface area contributed by atoms with Gasteiger partial charge in [-0.3, -0.25) is 9.59 Å². The summed E-state index contributed by atoms with van der Waals surface area (Å²) in [5.74, 6) is 0.000964. The van der Waals surface area contributed by atoms with E-state index in [4.69, 9.17) is 39.5 Å². The maximum absolute atomic E-state index is 13.7. The number of nitrogens with one attached hydrogen (secondary N) is 1. The van der Waals surface area contributed by atoms with Crippen LogP contribution in [0.15, 0.2) is 60.7 Å². The van der Waals surface area contributed by atoms with Crippen LogP contribution in [-0.4, -0.2) is 35.9 Å². The monoisotopic (exact) mass is 574 g/mol. The minimum atomic E-state index is -0.756. The van der Waals surface area contributed by atoms with E-state index in [0.29, 0.717) is 33.8 Å². The molecule has 0 radical (unpaired) electrons. The SMILES string of the molecule is CCCCNC(=O)[C@H](Cc1ccccc1)N(Cc1ccc(Cl)c(Cl)c1)C(=O)COc1cc(C)c(Cl)c(C)c1. The van der Waals surface area contributed by atoms with Crippen molar-refractivity contribution >= 4 is 46.6 Å². The molecule has 0 unspecified atom stereocenters. The molecule has 8 heteroatoms. The Balaban J connectivity index is 1.92. The Hall–Kier alpha value is -2.73. The van der Waals surface area contributed by atoms with Crippen molar-refractivity contribution in [2.45, 2.75) is 52.6 Å². The lowest BCUT2D eigenvalue weighted by molar-refractivity contribution is -0.142. The van der Waals surface area contributed by atoms with Gasteiger partial charge in [0.2, 0.25) is 5.91 Å². The van der Waals surface area contributed by atoms with Crippen LogP contribution in [0.3, 0.4) is 0 Å². The molecule has 0 aliphatic carbocycles. The van der Waals surface area contributed by atoms with Crippen LogP contribution in [0.1, 0.15) is 42.0 Å². The number of carbonyl (C=O) groups excluding carboxylic acids is 2. The quantitative estimate of drug-likeness (QED) is 0.232. The molecule has 3 rings (SSSR count). The number of benzene rings is 3. The van der Waals surface area contributed by atoms with Gasteiger partial charge in [-0.05, 0) is 66.8 Å². The van der Waals surface area contributed by atoms with Crippen LogP contribution >= 0.6 is 34.8 Å². The van der Waals surface area contributed by atoms with Gasteiger partial charge in [0.1, 0.15) is 11.8 Å². The summed E-state index contributed by atoms with van der Waals surface area (Å²) in [4.78, 5) is 28.7. The maximum atomic E-state index is 13.7. The number of unbranched alkanes of at least 4 members (excludes halogenated alkanes) is 1. The normalized spacial score (nSPS) is 11.6. The van der Waals surface area contributed by atoms with Gasteiger partial charge >= 0.3 is 0 Å². The van der Waals surface area contributed by atoms with Crippen LogP contribution in [0.2, 0.25) is 15.1 Å². The number of hydrogen-bond donors (Lipinski definition) is 1. The van der Waals surface area contributed by atoms with E-state index in [-0.39, 0.29) is 25.0 Å². The first-order valence-electron chi connectivity index (χ1n) is 12.6. The molecular weight excluding hydrogens is 543 g/mol. The molecule has 0 bridgehead atoms. The average molecular weight is 576 g/mol. The summed E-state index contributed by atoms with van der Waals surface area (Å²) in [5.41, 5.74) is 3.42. The highest BCUT2D eigenvalue weighted by Gasteiger charge is 2.30. The number of carbonyl (C=O) groups is 2. The molecule has 38 heavy (non-hydrogen) atoms. The number of aryl methyl sites for hydroxylation is 2. The van der Waals surface area contributed by atoms with Gasteiger partial charge in [-0.1, -0.05) is 84.5 Å². The van der Waals surface area contributed by atoms with E-state index in [1.807, 2.05) is 44.2 Å². The second-order valence-electron chi connectivity index (χ2n) is 9.28. The summed E-state index contributed by atoms with van der Waals surface area (Å²) in [6, 6.07) is 17.7. The van der Waals surface area contributed by atoms with Gasteiger partial charge in [0.15, 0.2) is 6.61 Å². The van der Waals surface area contributed by atoms with E-state index < -0.39 is 6.04 Å². The summed E-state index contributed by atoms with van der Waals surface area (Å²) >= 11 is 18.7. The molecule has 0 aliphatic heterocycles. The Bertz CT molecular complexity index is 1230. The third-order valence-corrected chi connectivity index (χ3v) is 7.55. The minimum absolute atomic E-state index is 0.163. The van der Waals surface area contributed by atoms with Gasteiger partial charge in [-0.2, -0.15) is 0 Å². The Morgan fingerprint density at radius 1 is 0.921 bits per heavy atom. The molecule has 3 aromatic rings. The molecule has 0 saturated carbocycles. The standard InChI is InChI=1S/C30H33Cl3N2O3/c1-4-5-13-34-30(37)27(17-22-9-7-6-8-10-22)35(18-23-11-12-25(31)26(32)16-23)28(36)19-38-24-14-20(2)29(33)21(3)15-24/h6-12,14-16,27H,4-5,13,17-19H2,1-3H3,(H,34,37)/t27-/m0/s1. The van der Waals surface area contributed by atoms with E-state index in [0.717, 1.165) is 35.1 Å². The zero-order valence-electron chi connectivity index (χ0n) is 21.9. The molecule has 0 aliphatic rings. The highest BCUT2D eigenvalue weighted by atomic mass is 35.5. The van der Waals surface area contributed by atoms with Gasteiger partial charge in [0.25, 0.3) is 5.91 Å². The van der Waals surface area contributed by atoms with Crippen LogP contribution in [-0.2, 0) is 22.6 Å². The summed E-state index contributed by atoms with van der Waals surface area (Å²) in [7, 11) is 0. The largest absolute Gasteiger partial charge is 0.484 e. The summed E-state index contributed by atoms with van der Waals surface area (Å²) in [6.07, 6.45) is 2.15. The molecule has 0 spiro atoms. The van der Waals surface area contributed by atoms with Crippen molar-refractivity contribution in [1.82, 2.24) is 10.2 Å². The van der Waals surface area contributed by atoms with E-state index >= 15 is 0 Å². The maximum Gasteiger partial charge on any atom is 0.261 e. The first kappa shape index (κ1) is 29.8. The molecule has 3 aromatic carbocycles. The molecule has 0 fully saturated rings. The summed E-state index contributed by atoms with van der Waals surface area (Å²) < 4.78 is 5.90. The number of ether oxygens (including phenoxy) is 1. The van der Waals surface area contributed by atoms with Crippen molar-refractivity contribution in [2.24, 2.45) is 0 Å². The molecule has 0 aromatic heterocycles. The Morgan fingerprint density at radius 3 is 2.24 bits per heavy atom. The van der Waals surface area contributed by atoms with Gasteiger partial charge in [0, 0.05) is 24.5 Å². The Kier molecular flexibility index (Phi) is 11.3. The first-order chi connectivity index (χ1) is 18.2. The fourth-order valence-electron chi connectivity index (χ4n) is 4.11. The average Bonchev–Trinajstić information content (AvgIpc) is 2.90. The molecule has 1 N–H and O–H groups in total. The molecule has 2 amide bonds. The third kappa shape index (κ3) is 8.39. The molecule has 0 saturated heterocycles. The zero-order valence-corrected chi connectivity index (χ0v) is 24.2. The summed E-state index contributed by atoms with van der Waals surface area (Å²) in [5, 5.41) is 4.47. The number of nitrogens with zero attached hydrogens (tertiary/aromatic N) is 1. The molecule has 0 heterocycles. The Labute approximate surface area is 240 Å². The molecule has 1 atom stereocenters. The van der Waals surface area contributed by atoms with Gasteiger partial charge in [-0.15, -0.1) is 0 Å². The zero-order chi connectivity index (χ0) is 27.7. The molecular formula is C30H33Cl3N2O3. The lowest BCUT2D eigenvalue weighted by Crippen LogP contribution is -2.51. The van der Waals surface area contributed by atoms with E-state index in [2.05, 4.69) is 12.2 Å². The first-order valence-corrected chi connectivity index (χ1v) is 13.8. The summed E-state index contributed by atoms with van der Waals surface area (Å²) in [6.45, 7) is 6.29. The number of halogens is 3. The fraction of sp³-hybridized carbons (Fsp3) is 0.333. The fourth-order valence-corrected chi connectivity index (χ4v) is 4.54. The number of amides is 2. The van der Waals surface area contributed by atoms with Crippen LogP contribution in [0, 0.1) is 13.8 Å². The predicted molar refractivity (Wildman–Crippen MR) is 155 cm³/mol. The van der Waals surface area contributed by atoms with E-state index in [1.54, 1.807) is 35.2 Å². The van der Waals surface area contributed by atoms with Crippen molar-refractivity contribution in [2.75, 3.05) is 13.2 Å². The molecule has 5 nitrogen and oxygen atoms in total. The highest BCUT2D eigenvalue weighted by molar-refractivity contribution is 6.42. The van der Waals surface area contributed by atoms with Crippen molar-refractivity contribution in [3.8, 4) is 5.75 Å². The topological polar surface area (TPSA) is 58.6 Å². The van der Waals surface area contributed by atoms with Gasteiger partial charge in [-0.25, -0.2) is 0 Å². The van der Waals surface area contributed by atoms with Crippen molar-refractivity contribution in [3.05, 3.63) is 98.0 Å². The van der Waals surface area contributed by atoms with E-state index in [9.17, 15) is 9.59 Å². The third-order valence-electron chi connectivity index (χ3n) is 6.21. The number of rotatable bonds is 12. The lowest BCUT2D eigenvalue weighted by Gasteiger charge is -2.31. The molecule has 202 valence electrons. The lowest BCUT2D eigenvalue weighted by atomic mass is 10.0. The van der Waals surface area contributed by atoms with Crippen LogP contribution in [0.4, 0.5) is 0 Å². The van der Waals surface area contributed by atoms with Crippen LogP contribution in [0.25, 0.3) is 0 Å². The van der Waals surface area contributed by atoms with Crippen LogP contribution < -0.4 is 10.1 Å². The highest BCUT2D eigenvalue weighted by Crippen LogP contribution is 2.27.